The second kappa shape index (κ2) is 8.21. The molecule has 0 aliphatic heterocycles. The van der Waals surface area contributed by atoms with Gasteiger partial charge in [0.1, 0.15) is 0 Å². The van der Waals surface area contributed by atoms with Gasteiger partial charge in [-0.25, -0.2) is 4.98 Å². The minimum atomic E-state index is -0.298. The van der Waals surface area contributed by atoms with Gasteiger partial charge in [0.25, 0.3) is 0 Å². The number of benzene rings is 1. The highest BCUT2D eigenvalue weighted by molar-refractivity contribution is 6.32. The molecule has 1 amide bonds. The lowest BCUT2D eigenvalue weighted by atomic mass is 10.2. The molecule has 7 heteroatoms. The van der Waals surface area contributed by atoms with Crippen LogP contribution in [0.4, 0.5) is 5.69 Å². The number of hydrogen-bond donors (Lipinski definition) is 1. The average molecular weight is 349 g/mol. The first-order valence-corrected chi connectivity index (χ1v) is 7.35. The Bertz CT molecular complexity index is 745. The fourth-order valence-electron chi connectivity index (χ4n) is 1.96. The molecule has 1 N–H and O–H groups in total. The molecule has 0 bridgehead atoms. The van der Waals surface area contributed by atoms with Crippen LogP contribution in [-0.2, 0) is 4.79 Å². The number of aromatic nitrogens is 1. The molecule has 0 aliphatic rings. The lowest BCUT2D eigenvalue weighted by Gasteiger charge is -2.10. The van der Waals surface area contributed by atoms with Gasteiger partial charge in [0.2, 0.25) is 11.8 Å². The summed E-state index contributed by atoms with van der Waals surface area (Å²) in [6.45, 7) is 0. The fourth-order valence-corrected chi connectivity index (χ4v) is 2.26. The van der Waals surface area contributed by atoms with Crippen LogP contribution in [0.5, 0.6) is 17.4 Å². The summed E-state index contributed by atoms with van der Waals surface area (Å²) in [5, 5.41) is 3.10. The molecule has 0 aliphatic carbocycles. The highest BCUT2D eigenvalue weighted by atomic mass is 35.5. The highest BCUT2D eigenvalue weighted by Gasteiger charge is 2.09. The van der Waals surface area contributed by atoms with E-state index in [0.29, 0.717) is 33.7 Å². The first kappa shape index (κ1) is 17.6. The van der Waals surface area contributed by atoms with Crippen LogP contribution in [-0.4, -0.2) is 32.2 Å². The van der Waals surface area contributed by atoms with Gasteiger partial charge in [-0.15, -0.1) is 0 Å². The van der Waals surface area contributed by atoms with Crippen molar-refractivity contribution in [2.24, 2.45) is 0 Å². The van der Waals surface area contributed by atoms with Gasteiger partial charge in [0.15, 0.2) is 11.5 Å². The molecule has 1 aromatic carbocycles. The van der Waals surface area contributed by atoms with E-state index in [2.05, 4.69) is 10.3 Å². The lowest BCUT2D eigenvalue weighted by Crippen LogP contribution is -2.07. The molecule has 0 radical (unpaired) electrons. The van der Waals surface area contributed by atoms with Crippen LogP contribution in [0.15, 0.2) is 36.5 Å². The molecular formula is C17H17ClN2O4. The molecule has 0 unspecified atom stereocenters. The molecule has 0 spiro atoms. The Morgan fingerprint density at radius 2 is 1.96 bits per heavy atom. The number of amides is 1. The SMILES string of the molecule is COc1ccc(NC(=O)/C=C/c2cc(Cl)c(OC)c(OC)c2)cn1. The Balaban J connectivity index is 2.09. The predicted octanol–water partition coefficient (Wildman–Crippen LogP) is 3.41. The zero-order valence-corrected chi connectivity index (χ0v) is 14.3. The second-order valence-electron chi connectivity index (χ2n) is 4.65. The number of carbonyl (C=O) groups is 1. The van der Waals surface area contributed by atoms with Gasteiger partial charge < -0.3 is 19.5 Å². The number of methoxy groups -OCH3 is 3. The number of halogens is 1. The average Bonchev–Trinajstić information content (AvgIpc) is 2.60. The smallest absolute Gasteiger partial charge is 0.248 e. The molecule has 126 valence electrons. The topological polar surface area (TPSA) is 69.7 Å². The van der Waals surface area contributed by atoms with E-state index in [1.165, 1.54) is 33.6 Å². The normalized spacial score (nSPS) is 10.5. The van der Waals surface area contributed by atoms with Crippen LogP contribution >= 0.6 is 11.6 Å². The molecule has 24 heavy (non-hydrogen) atoms. The molecule has 6 nitrogen and oxygen atoms in total. The van der Waals surface area contributed by atoms with Crippen molar-refractivity contribution in [2.75, 3.05) is 26.6 Å². The molecule has 2 aromatic rings. The monoisotopic (exact) mass is 348 g/mol. The van der Waals surface area contributed by atoms with Gasteiger partial charge in [-0.1, -0.05) is 11.6 Å². The summed E-state index contributed by atoms with van der Waals surface area (Å²) in [6, 6.07) is 6.77. The zero-order valence-electron chi connectivity index (χ0n) is 13.5. The Labute approximate surface area is 145 Å². The number of ether oxygens (including phenoxy) is 3. The minimum absolute atomic E-state index is 0.298. The minimum Gasteiger partial charge on any atom is -0.493 e. The summed E-state index contributed by atoms with van der Waals surface area (Å²) >= 11 is 6.13. The van der Waals surface area contributed by atoms with Crippen LogP contribution in [0.3, 0.4) is 0 Å². The quantitative estimate of drug-likeness (QED) is 0.810. The second-order valence-corrected chi connectivity index (χ2v) is 5.06. The number of nitrogens with zero attached hydrogens (tertiary/aromatic N) is 1. The maximum absolute atomic E-state index is 12.0. The Morgan fingerprint density at radius 1 is 1.17 bits per heavy atom. The standard InChI is InChI=1S/C17H17ClN2O4/c1-22-14-9-11(8-13(18)17(14)24-3)4-6-15(21)20-12-5-7-16(23-2)19-10-12/h4-10H,1-3H3,(H,20,21)/b6-4+. The number of hydrogen-bond acceptors (Lipinski definition) is 5. The molecule has 2 rings (SSSR count). The maximum Gasteiger partial charge on any atom is 0.248 e. The number of nitrogens with one attached hydrogen (secondary N) is 1. The summed E-state index contributed by atoms with van der Waals surface area (Å²) < 4.78 is 15.3. The van der Waals surface area contributed by atoms with Crippen molar-refractivity contribution >= 4 is 29.3 Å². The van der Waals surface area contributed by atoms with E-state index >= 15 is 0 Å². The van der Waals surface area contributed by atoms with E-state index in [1.54, 1.807) is 30.3 Å². The summed E-state index contributed by atoms with van der Waals surface area (Å²) in [7, 11) is 4.55. The van der Waals surface area contributed by atoms with Crippen LogP contribution in [0.25, 0.3) is 6.08 Å². The molecule has 1 heterocycles. The van der Waals surface area contributed by atoms with Crippen LogP contribution < -0.4 is 19.5 Å². The van der Waals surface area contributed by atoms with Gasteiger partial charge in [0.05, 0.1) is 38.2 Å². The van der Waals surface area contributed by atoms with Crippen molar-refractivity contribution < 1.29 is 19.0 Å². The molecule has 0 saturated heterocycles. The molecule has 0 atom stereocenters. The third-order valence-corrected chi connectivity index (χ3v) is 3.38. The summed E-state index contributed by atoms with van der Waals surface area (Å²) in [6.07, 6.45) is 4.53. The largest absolute Gasteiger partial charge is 0.493 e. The molecule has 0 fully saturated rings. The van der Waals surface area contributed by atoms with E-state index in [0.717, 1.165) is 0 Å². The Kier molecular flexibility index (Phi) is 6.03. The van der Waals surface area contributed by atoms with Gasteiger partial charge in [-0.3, -0.25) is 4.79 Å². The number of carbonyl (C=O) groups excluding carboxylic acids is 1. The summed E-state index contributed by atoms with van der Waals surface area (Å²) in [4.78, 5) is 16.0. The summed E-state index contributed by atoms with van der Waals surface area (Å²) in [5.74, 6) is 1.12. The first-order chi connectivity index (χ1) is 11.6. The Morgan fingerprint density at radius 3 is 2.54 bits per heavy atom. The van der Waals surface area contributed by atoms with E-state index in [4.69, 9.17) is 25.8 Å². The van der Waals surface area contributed by atoms with Crippen molar-refractivity contribution in [2.45, 2.75) is 0 Å². The van der Waals surface area contributed by atoms with E-state index in [-0.39, 0.29) is 5.91 Å². The van der Waals surface area contributed by atoms with Crippen molar-refractivity contribution in [3.8, 4) is 17.4 Å². The van der Waals surface area contributed by atoms with Crippen LogP contribution in [0, 0.1) is 0 Å². The maximum atomic E-state index is 12.0. The van der Waals surface area contributed by atoms with Gasteiger partial charge in [0, 0.05) is 12.1 Å². The number of rotatable bonds is 6. The molecular weight excluding hydrogens is 332 g/mol. The van der Waals surface area contributed by atoms with Crippen molar-refractivity contribution in [1.29, 1.82) is 0 Å². The number of pyridine rings is 1. The third kappa shape index (κ3) is 4.39. The van der Waals surface area contributed by atoms with Crippen molar-refractivity contribution in [3.63, 3.8) is 0 Å². The van der Waals surface area contributed by atoms with Gasteiger partial charge in [-0.2, -0.15) is 0 Å². The predicted molar refractivity (Wildman–Crippen MR) is 93.0 cm³/mol. The van der Waals surface area contributed by atoms with Crippen molar-refractivity contribution in [1.82, 2.24) is 4.98 Å². The van der Waals surface area contributed by atoms with Gasteiger partial charge >= 0.3 is 0 Å². The van der Waals surface area contributed by atoms with E-state index in [9.17, 15) is 4.79 Å². The van der Waals surface area contributed by atoms with Gasteiger partial charge in [-0.05, 0) is 29.8 Å². The highest BCUT2D eigenvalue weighted by Crippen LogP contribution is 2.36. The summed E-state index contributed by atoms with van der Waals surface area (Å²) in [5.41, 5.74) is 1.27. The van der Waals surface area contributed by atoms with E-state index < -0.39 is 0 Å². The first-order valence-electron chi connectivity index (χ1n) is 6.98. The molecule has 1 aromatic heterocycles. The molecule has 0 saturated carbocycles. The van der Waals surface area contributed by atoms with Crippen LogP contribution in [0.1, 0.15) is 5.56 Å². The lowest BCUT2D eigenvalue weighted by molar-refractivity contribution is -0.111. The third-order valence-electron chi connectivity index (χ3n) is 3.10. The fraction of sp³-hybridized carbons (Fsp3) is 0.176. The number of anilines is 1. The van der Waals surface area contributed by atoms with Crippen molar-refractivity contribution in [3.05, 3.63) is 47.1 Å². The Hall–Kier alpha value is -2.73. The van der Waals surface area contributed by atoms with E-state index in [1.807, 2.05) is 0 Å². The zero-order chi connectivity index (χ0) is 17.5. The van der Waals surface area contributed by atoms with Crippen LogP contribution in [0.2, 0.25) is 5.02 Å².